The van der Waals surface area contributed by atoms with Gasteiger partial charge in [0.05, 0.1) is 0 Å². The lowest BCUT2D eigenvalue weighted by atomic mass is 10.1. The highest BCUT2D eigenvalue weighted by molar-refractivity contribution is 5.91. The SMILES string of the molecule is CC(=O)c1ccc(Cc2ccc(F)cc2)o1. The third-order valence-electron chi connectivity index (χ3n) is 2.30. The van der Waals surface area contributed by atoms with Crippen LogP contribution in [-0.2, 0) is 6.42 Å². The molecule has 1 heterocycles. The summed E-state index contributed by atoms with van der Waals surface area (Å²) in [6, 6.07) is 9.63. The molecule has 16 heavy (non-hydrogen) atoms. The third kappa shape index (κ3) is 2.37. The minimum atomic E-state index is -0.257. The van der Waals surface area contributed by atoms with E-state index in [0.29, 0.717) is 17.9 Å². The van der Waals surface area contributed by atoms with Gasteiger partial charge in [0.15, 0.2) is 11.5 Å². The van der Waals surface area contributed by atoms with Crippen LogP contribution >= 0.6 is 0 Å². The average Bonchev–Trinajstić information content (AvgIpc) is 2.70. The summed E-state index contributed by atoms with van der Waals surface area (Å²) in [7, 11) is 0. The Balaban J connectivity index is 2.14. The molecule has 82 valence electrons. The topological polar surface area (TPSA) is 30.2 Å². The predicted octanol–water partition coefficient (Wildman–Crippen LogP) is 3.21. The first-order valence-electron chi connectivity index (χ1n) is 4.99. The molecule has 3 heteroatoms. The van der Waals surface area contributed by atoms with Gasteiger partial charge in [-0.2, -0.15) is 0 Å². The number of carbonyl (C=O) groups is 1. The van der Waals surface area contributed by atoms with Crippen molar-refractivity contribution in [2.45, 2.75) is 13.3 Å². The minimum Gasteiger partial charge on any atom is -0.458 e. The molecular weight excluding hydrogens is 207 g/mol. The molecule has 0 radical (unpaired) electrons. The minimum absolute atomic E-state index is 0.0923. The van der Waals surface area contributed by atoms with E-state index in [1.165, 1.54) is 19.1 Å². The van der Waals surface area contributed by atoms with Crippen LogP contribution in [0.5, 0.6) is 0 Å². The first-order chi connectivity index (χ1) is 7.65. The molecule has 0 fully saturated rings. The number of benzene rings is 1. The number of hydrogen-bond donors (Lipinski definition) is 0. The van der Waals surface area contributed by atoms with E-state index in [9.17, 15) is 9.18 Å². The second kappa shape index (κ2) is 4.31. The Morgan fingerprint density at radius 1 is 1.19 bits per heavy atom. The van der Waals surface area contributed by atoms with Gasteiger partial charge in [0.25, 0.3) is 0 Å². The van der Waals surface area contributed by atoms with Crippen molar-refractivity contribution in [2.75, 3.05) is 0 Å². The van der Waals surface area contributed by atoms with Crippen LogP contribution in [0, 0.1) is 5.82 Å². The summed E-state index contributed by atoms with van der Waals surface area (Å²) in [5.41, 5.74) is 0.950. The van der Waals surface area contributed by atoms with Crippen LogP contribution in [0.3, 0.4) is 0 Å². The van der Waals surface area contributed by atoms with E-state index >= 15 is 0 Å². The normalized spacial score (nSPS) is 10.4. The van der Waals surface area contributed by atoms with Crippen molar-refractivity contribution in [2.24, 2.45) is 0 Å². The summed E-state index contributed by atoms with van der Waals surface area (Å²) in [5, 5.41) is 0. The molecule has 0 amide bonds. The number of Topliss-reactive ketones (excluding diaryl/α,β-unsaturated/α-hetero) is 1. The molecule has 0 saturated carbocycles. The molecule has 1 aromatic heterocycles. The van der Waals surface area contributed by atoms with Crippen molar-refractivity contribution in [3.8, 4) is 0 Å². The Labute approximate surface area is 92.7 Å². The molecule has 0 aliphatic carbocycles. The maximum Gasteiger partial charge on any atom is 0.194 e. The molecule has 0 atom stereocenters. The number of ketones is 1. The molecule has 0 bridgehead atoms. The van der Waals surface area contributed by atoms with E-state index in [1.54, 1.807) is 24.3 Å². The molecule has 0 aliphatic heterocycles. The van der Waals surface area contributed by atoms with Crippen molar-refractivity contribution in [3.05, 3.63) is 59.3 Å². The number of carbonyl (C=O) groups excluding carboxylic acids is 1. The highest BCUT2D eigenvalue weighted by atomic mass is 19.1. The van der Waals surface area contributed by atoms with Crippen LogP contribution in [-0.4, -0.2) is 5.78 Å². The fourth-order valence-electron chi connectivity index (χ4n) is 1.47. The lowest BCUT2D eigenvalue weighted by Gasteiger charge is -1.97. The van der Waals surface area contributed by atoms with Gasteiger partial charge in [-0.05, 0) is 29.8 Å². The van der Waals surface area contributed by atoms with E-state index < -0.39 is 0 Å². The Kier molecular flexibility index (Phi) is 2.86. The molecular formula is C13H11FO2. The lowest BCUT2D eigenvalue weighted by molar-refractivity contribution is 0.0985. The molecule has 2 nitrogen and oxygen atoms in total. The van der Waals surface area contributed by atoms with Gasteiger partial charge in [-0.15, -0.1) is 0 Å². The number of rotatable bonds is 3. The highest BCUT2D eigenvalue weighted by Gasteiger charge is 2.06. The van der Waals surface area contributed by atoms with Gasteiger partial charge in [0.2, 0.25) is 0 Å². The summed E-state index contributed by atoms with van der Waals surface area (Å²) in [4.78, 5) is 11.0. The van der Waals surface area contributed by atoms with Crippen molar-refractivity contribution in [1.29, 1.82) is 0 Å². The molecule has 2 rings (SSSR count). The Morgan fingerprint density at radius 3 is 2.44 bits per heavy atom. The second-order valence-corrected chi connectivity index (χ2v) is 3.63. The zero-order valence-corrected chi connectivity index (χ0v) is 8.87. The Hall–Kier alpha value is -1.90. The fraction of sp³-hybridized carbons (Fsp3) is 0.154. The van der Waals surface area contributed by atoms with Gasteiger partial charge in [-0.1, -0.05) is 12.1 Å². The van der Waals surface area contributed by atoms with Gasteiger partial charge in [0.1, 0.15) is 11.6 Å². The maximum absolute atomic E-state index is 12.7. The van der Waals surface area contributed by atoms with Gasteiger partial charge in [-0.3, -0.25) is 4.79 Å². The Morgan fingerprint density at radius 2 is 1.88 bits per heavy atom. The van der Waals surface area contributed by atoms with E-state index in [1.807, 2.05) is 0 Å². The molecule has 1 aromatic carbocycles. The van der Waals surface area contributed by atoms with Crippen molar-refractivity contribution in [1.82, 2.24) is 0 Å². The average molecular weight is 218 g/mol. The summed E-state index contributed by atoms with van der Waals surface area (Å²) in [5.74, 6) is 0.715. The van der Waals surface area contributed by atoms with Gasteiger partial charge >= 0.3 is 0 Å². The number of furan rings is 1. The first-order valence-corrected chi connectivity index (χ1v) is 4.99. The molecule has 0 unspecified atom stereocenters. The first kappa shape index (κ1) is 10.6. The number of halogens is 1. The van der Waals surface area contributed by atoms with Crippen molar-refractivity contribution < 1.29 is 13.6 Å². The highest BCUT2D eigenvalue weighted by Crippen LogP contribution is 2.14. The number of hydrogen-bond acceptors (Lipinski definition) is 2. The monoisotopic (exact) mass is 218 g/mol. The largest absolute Gasteiger partial charge is 0.458 e. The maximum atomic E-state index is 12.7. The zero-order valence-electron chi connectivity index (χ0n) is 8.87. The van der Waals surface area contributed by atoms with Crippen LogP contribution in [0.4, 0.5) is 4.39 Å². The quantitative estimate of drug-likeness (QED) is 0.740. The van der Waals surface area contributed by atoms with Crippen LogP contribution in [0.2, 0.25) is 0 Å². The summed E-state index contributed by atoms with van der Waals surface area (Å²) in [6.45, 7) is 1.46. The third-order valence-corrected chi connectivity index (χ3v) is 2.30. The van der Waals surface area contributed by atoms with Crippen LogP contribution in [0.25, 0.3) is 0 Å². The van der Waals surface area contributed by atoms with Crippen LogP contribution < -0.4 is 0 Å². The fourth-order valence-corrected chi connectivity index (χ4v) is 1.47. The van der Waals surface area contributed by atoms with Crippen molar-refractivity contribution in [3.63, 3.8) is 0 Å². The molecule has 0 aliphatic rings. The van der Waals surface area contributed by atoms with Gasteiger partial charge < -0.3 is 4.42 Å². The van der Waals surface area contributed by atoms with Gasteiger partial charge in [-0.25, -0.2) is 4.39 Å². The van der Waals surface area contributed by atoms with E-state index in [0.717, 1.165) is 5.56 Å². The Bertz CT molecular complexity index is 497. The van der Waals surface area contributed by atoms with E-state index in [4.69, 9.17) is 4.42 Å². The van der Waals surface area contributed by atoms with Crippen molar-refractivity contribution >= 4 is 5.78 Å². The van der Waals surface area contributed by atoms with Crippen LogP contribution in [0.15, 0.2) is 40.8 Å². The summed E-state index contributed by atoms with van der Waals surface area (Å²) in [6.07, 6.45) is 0.563. The second-order valence-electron chi connectivity index (χ2n) is 3.63. The smallest absolute Gasteiger partial charge is 0.194 e. The van der Waals surface area contributed by atoms with Crippen LogP contribution in [0.1, 0.15) is 28.8 Å². The van der Waals surface area contributed by atoms with E-state index in [2.05, 4.69) is 0 Å². The standard InChI is InChI=1S/C13H11FO2/c1-9(15)13-7-6-12(16-13)8-10-2-4-11(14)5-3-10/h2-7H,8H2,1H3. The van der Waals surface area contributed by atoms with Gasteiger partial charge in [0, 0.05) is 13.3 Å². The molecule has 0 saturated heterocycles. The summed E-state index contributed by atoms with van der Waals surface area (Å²) >= 11 is 0. The molecule has 2 aromatic rings. The molecule has 0 spiro atoms. The molecule has 0 N–H and O–H groups in total. The summed E-state index contributed by atoms with van der Waals surface area (Å²) < 4.78 is 18.0. The zero-order chi connectivity index (χ0) is 11.5. The van der Waals surface area contributed by atoms with E-state index in [-0.39, 0.29) is 11.6 Å². The predicted molar refractivity (Wildman–Crippen MR) is 57.9 cm³/mol. The lowest BCUT2D eigenvalue weighted by Crippen LogP contribution is -1.88.